The molecule has 12 nitrogen and oxygen atoms in total. The van der Waals surface area contributed by atoms with Crippen molar-refractivity contribution in [1.29, 1.82) is 0 Å². The maximum atomic E-state index is 11.9. The molecule has 29 heavy (non-hydrogen) atoms. The third kappa shape index (κ3) is 6.65. The van der Waals surface area contributed by atoms with E-state index in [1.807, 2.05) is 20.2 Å². The van der Waals surface area contributed by atoms with Gasteiger partial charge in [-0.3, -0.25) is 14.5 Å². The molecule has 0 aromatic carbocycles. The van der Waals surface area contributed by atoms with Crippen LogP contribution in [-0.2, 0) is 14.4 Å². The molecule has 0 aromatic heterocycles. The Morgan fingerprint density at radius 2 is 1.90 bits per heavy atom. The van der Waals surface area contributed by atoms with Crippen molar-refractivity contribution >= 4 is 29.5 Å². The summed E-state index contributed by atoms with van der Waals surface area (Å²) in [5, 5.41) is 9.15. The number of aliphatic carboxylic acids is 1. The number of hydrogen-bond acceptors (Lipinski definition) is 9. The second kappa shape index (κ2) is 9.40. The van der Waals surface area contributed by atoms with E-state index in [2.05, 4.69) is 0 Å². The molecule has 0 aliphatic carbocycles. The van der Waals surface area contributed by atoms with Crippen LogP contribution in [0.1, 0.15) is 6.92 Å². The van der Waals surface area contributed by atoms with E-state index < -0.39 is 28.2 Å². The van der Waals surface area contributed by atoms with E-state index in [0.29, 0.717) is 22.4 Å². The van der Waals surface area contributed by atoms with Crippen LogP contribution >= 0.6 is 11.8 Å². The number of carbonyl (C=O) groups excluding carboxylic acids is 2. The number of β-lactam (4-membered cyclic amide) rings is 1. The van der Waals surface area contributed by atoms with Crippen LogP contribution < -0.4 is 30.1 Å². The second-order valence-corrected chi connectivity index (χ2v) is 8.80. The van der Waals surface area contributed by atoms with Crippen LogP contribution in [0.25, 0.3) is 0 Å². The monoisotopic (exact) mass is 454 g/mol. The smallest absolute Gasteiger partial charge is 0.352 e. The molecule has 0 spiro atoms. The highest BCUT2D eigenvalue weighted by Crippen LogP contribution is 2.39. The Morgan fingerprint density at radius 3 is 2.34 bits per heavy atom. The standard InChI is InChI=1S/C15H22N4O4S.ClHO4/c1-8(12(17)20)19(2,3)6-4-5-9-7-24-14-10(16)13(21)18(14)11(9)15(22)23;2-1(3,4)5/h4-5,8,10,14H,6-7,16H2,1-3H3,(H2-,17,20,22,23);(H,2,3,4,5)/b5-4+;/t8-,10-,14-;/m1./s1. The van der Waals surface area contributed by atoms with Gasteiger partial charge in [0.1, 0.15) is 17.1 Å². The van der Waals surface area contributed by atoms with Crippen molar-refractivity contribution in [1.82, 2.24) is 4.90 Å². The number of fused-ring (bicyclic) bond motifs is 1. The quantitative estimate of drug-likeness (QED) is 0.255. The lowest BCUT2D eigenvalue weighted by Crippen LogP contribution is -2.68. The van der Waals surface area contributed by atoms with E-state index in [0.717, 1.165) is 0 Å². The molecular weight excluding hydrogens is 432 g/mol. The van der Waals surface area contributed by atoms with E-state index in [1.165, 1.54) is 16.7 Å². The molecule has 5 N–H and O–H groups in total. The molecule has 0 saturated carbocycles. The fourth-order valence-electron chi connectivity index (χ4n) is 2.64. The molecule has 2 aliphatic rings. The largest absolute Gasteiger partial charge is 0.477 e. The summed E-state index contributed by atoms with van der Waals surface area (Å²) in [6.07, 6.45) is 3.51. The number of quaternary nitrogens is 1. The van der Waals surface area contributed by atoms with Gasteiger partial charge in [-0.2, -0.15) is 0 Å². The number of halogens is 1. The predicted molar refractivity (Wildman–Crippen MR) is 90.5 cm³/mol. The summed E-state index contributed by atoms with van der Waals surface area (Å²) in [4.78, 5) is 36.0. The van der Waals surface area contributed by atoms with Gasteiger partial charge in [0, 0.05) is 5.75 Å². The van der Waals surface area contributed by atoms with Gasteiger partial charge in [0.25, 0.3) is 5.91 Å². The van der Waals surface area contributed by atoms with Crippen LogP contribution in [0, 0.1) is 10.2 Å². The number of carbonyl (C=O) groups is 3. The molecular formula is C15H23ClN4O8S. The fraction of sp³-hybridized carbons (Fsp3) is 0.533. The molecule has 2 heterocycles. The molecule has 1 saturated heterocycles. The summed E-state index contributed by atoms with van der Waals surface area (Å²) in [5.41, 5.74) is 11.6. The first-order valence-electron chi connectivity index (χ1n) is 8.15. The highest BCUT2D eigenvalue weighted by Gasteiger charge is 2.51. The van der Waals surface area contributed by atoms with Crippen LogP contribution in [-0.4, -0.2) is 76.1 Å². The van der Waals surface area contributed by atoms with Gasteiger partial charge in [0.2, 0.25) is 5.91 Å². The number of primary amides is 1. The summed E-state index contributed by atoms with van der Waals surface area (Å²) in [5.74, 6) is -1.43. The van der Waals surface area contributed by atoms with Crippen LogP contribution in [0.4, 0.5) is 0 Å². The van der Waals surface area contributed by atoms with Crippen molar-refractivity contribution < 1.29 is 52.9 Å². The summed E-state index contributed by atoms with van der Waals surface area (Å²) in [7, 11) is -1.20. The SMILES string of the molecule is C[C@H](C(N)=O)[N+](C)(C)C/C=C/C1=C(C(=O)O)N2C(=O)[C@@H](N)[C@H]2SC1.[O-][Cl+3]([O-])([O-])[O-]. The lowest BCUT2D eigenvalue weighted by Gasteiger charge is -2.47. The Morgan fingerprint density at radius 1 is 1.38 bits per heavy atom. The maximum absolute atomic E-state index is 11.9. The third-order valence-electron chi connectivity index (χ3n) is 4.60. The number of hydrogen-bond donors (Lipinski definition) is 3. The minimum atomic E-state index is -4.94. The first-order chi connectivity index (χ1) is 13.1. The van der Waals surface area contributed by atoms with Crippen molar-refractivity contribution in [2.24, 2.45) is 11.5 Å². The van der Waals surface area contributed by atoms with Crippen LogP contribution in [0.5, 0.6) is 0 Å². The molecule has 2 aliphatic heterocycles. The first kappa shape index (κ1) is 25.3. The Bertz CT molecular complexity index is 730. The number of rotatable bonds is 6. The molecule has 14 heteroatoms. The zero-order valence-corrected chi connectivity index (χ0v) is 17.5. The van der Waals surface area contributed by atoms with Gasteiger partial charge in [-0.15, -0.1) is 22.0 Å². The lowest BCUT2D eigenvalue weighted by atomic mass is 10.0. The summed E-state index contributed by atoms with van der Waals surface area (Å²) < 4.78 is 34.3. The van der Waals surface area contributed by atoms with Crippen molar-refractivity contribution in [3.63, 3.8) is 0 Å². The Hall–Kier alpha value is -1.71. The molecule has 2 amide bonds. The molecule has 0 unspecified atom stereocenters. The number of amides is 2. The predicted octanol–water partition coefficient (Wildman–Crippen LogP) is -5.68. The average molecular weight is 455 g/mol. The number of allylic oxidation sites excluding steroid dienone is 1. The Labute approximate surface area is 173 Å². The highest BCUT2D eigenvalue weighted by atomic mass is 35.7. The molecule has 2 rings (SSSR count). The number of nitrogens with zero attached hydrogens (tertiary/aromatic N) is 2. The topological polar surface area (TPSA) is 219 Å². The van der Waals surface area contributed by atoms with Crippen LogP contribution in [0.15, 0.2) is 23.4 Å². The van der Waals surface area contributed by atoms with Gasteiger partial charge in [0.05, 0.1) is 20.6 Å². The number of likely N-dealkylation sites (N-methyl/N-ethyl adjacent to an activating group) is 1. The van der Waals surface area contributed by atoms with Gasteiger partial charge in [0.15, 0.2) is 6.04 Å². The average Bonchev–Trinajstić information content (AvgIpc) is 2.57. The minimum Gasteiger partial charge on any atom is -0.477 e. The highest BCUT2D eigenvalue weighted by molar-refractivity contribution is 8.00. The zero-order chi connectivity index (χ0) is 22.7. The van der Waals surface area contributed by atoms with E-state index in [9.17, 15) is 19.5 Å². The van der Waals surface area contributed by atoms with E-state index in [4.69, 9.17) is 30.1 Å². The Kier molecular flexibility index (Phi) is 8.21. The van der Waals surface area contributed by atoms with Gasteiger partial charge < -0.3 is 21.1 Å². The number of thioether (sulfide) groups is 1. The molecule has 1 fully saturated rings. The normalized spacial score (nSPS) is 23.2. The maximum Gasteiger partial charge on any atom is 0.352 e. The molecule has 0 aromatic rings. The van der Waals surface area contributed by atoms with Crippen molar-refractivity contribution in [2.45, 2.75) is 24.4 Å². The number of nitrogens with two attached hydrogens (primary N) is 2. The lowest BCUT2D eigenvalue weighted by molar-refractivity contribution is -2.00. The van der Waals surface area contributed by atoms with E-state index >= 15 is 0 Å². The molecule has 0 radical (unpaired) electrons. The van der Waals surface area contributed by atoms with Crippen molar-refractivity contribution in [3.05, 3.63) is 23.4 Å². The summed E-state index contributed by atoms with van der Waals surface area (Å²) in [6, 6.07) is -1.01. The first-order valence-corrected chi connectivity index (χ1v) is 10.4. The molecule has 164 valence electrons. The molecule has 3 atom stereocenters. The van der Waals surface area contributed by atoms with Gasteiger partial charge in [-0.05, 0) is 18.6 Å². The van der Waals surface area contributed by atoms with Crippen LogP contribution in [0.2, 0.25) is 0 Å². The van der Waals surface area contributed by atoms with E-state index in [-0.39, 0.29) is 23.0 Å². The van der Waals surface area contributed by atoms with Gasteiger partial charge >= 0.3 is 5.97 Å². The number of carboxylic acids is 1. The Balaban J connectivity index is 0.000000749. The van der Waals surface area contributed by atoms with Gasteiger partial charge in [-0.1, -0.05) is 6.08 Å². The zero-order valence-electron chi connectivity index (χ0n) is 15.9. The third-order valence-corrected chi connectivity index (χ3v) is 5.92. The number of carboxylic acid groups (broad SMARTS) is 1. The van der Waals surface area contributed by atoms with Crippen molar-refractivity contribution in [3.8, 4) is 0 Å². The molecule has 0 bridgehead atoms. The summed E-state index contributed by atoms with van der Waals surface area (Å²) in [6.45, 7) is 2.25. The second-order valence-electron chi connectivity index (χ2n) is 6.93. The summed E-state index contributed by atoms with van der Waals surface area (Å²) >= 11 is 1.45. The fourth-order valence-corrected chi connectivity index (χ4v) is 3.90. The van der Waals surface area contributed by atoms with E-state index in [1.54, 1.807) is 13.0 Å². The van der Waals surface area contributed by atoms with Gasteiger partial charge in [-0.25, -0.2) is 23.4 Å². The van der Waals surface area contributed by atoms with Crippen molar-refractivity contribution in [2.75, 3.05) is 26.4 Å². The van der Waals surface area contributed by atoms with Crippen LogP contribution in [0.3, 0.4) is 0 Å². The minimum absolute atomic E-state index is 0.00467.